The molecule has 8 nitrogen and oxygen atoms in total. The second-order valence-corrected chi connectivity index (χ2v) is 9.81. The van der Waals surface area contributed by atoms with Gasteiger partial charge in [-0.1, -0.05) is 36.4 Å². The molecular formula is C30H28N6O2. The van der Waals surface area contributed by atoms with Gasteiger partial charge >= 0.3 is 0 Å². The molecule has 4 heterocycles. The highest BCUT2D eigenvalue weighted by atomic mass is 16.2. The smallest absolute Gasteiger partial charge is 0.268 e. The molecule has 0 atom stereocenters. The topological polar surface area (TPSA) is 76.3 Å². The molecular weight excluding hydrogens is 476 g/mol. The molecule has 6 rings (SSSR count). The Bertz CT molecular complexity index is 1730. The lowest BCUT2D eigenvalue weighted by Crippen LogP contribution is -2.31. The second kappa shape index (κ2) is 9.39. The van der Waals surface area contributed by atoms with E-state index in [-0.39, 0.29) is 11.8 Å². The molecule has 0 saturated carbocycles. The largest absolute Gasteiger partial charge is 0.350 e. The SMILES string of the molecule is CN(C)CCCn1nc(C2=C(c3cn(C)c4ccccc34)C(=O)N(c3ccccc3)C2=O)c2cccnc21. The Morgan fingerprint density at radius 2 is 1.55 bits per heavy atom. The summed E-state index contributed by atoms with van der Waals surface area (Å²) >= 11 is 0. The van der Waals surface area contributed by atoms with Gasteiger partial charge in [0.05, 0.1) is 16.8 Å². The van der Waals surface area contributed by atoms with E-state index in [1.165, 1.54) is 4.90 Å². The van der Waals surface area contributed by atoms with Crippen LogP contribution in [0.3, 0.4) is 0 Å². The predicted molar refractivity (Wildman–Crippen MR) is 149 cm³/mol. The summed E-state index contributed by atoms with van der Waals surface area (Å²) in [5.74, 6) is -0.737. The Hall–Kier alpha value is -4.56. The number of fused-ring (bicyclic) bond motifs is 2. The van der Waals surface area contributed by atoms with E-state index in [9.17, 15) is 9.59 Å². The van der Waals surface area contributed by atoms with Crippen LogP contribution in [0.25, 0.3) is 33.1 Å². The lowest BCUT2D eigenvalue weighted by atomic mass is 9.98. The van der Waals surface area contributed by atoms with Crippen LogP contribution in [0.5, 0.6) is 0 Å². The number of rotatable bonds is 7. The summed E-state index contributed by atoms with van der Waals surface area (Å²) in [5.41, 5.74) is 4.08. The number of anilines is 1. The van der Waals surface area contributed by atoms with Crippen molar-refractivity contribution in [1.29, 1.82) is 0 Å². The van der Waals surface area contributed by atoms with Crippen LogP contribution in [-0.4, -0.2) is 56.7 Å². The fourth-order valence-corrected chi connectivity index (χ4v) is 5.24. The number of para-hydroxylation sites is 2. The van der Waals surface area contributed by atoms with Crippen molar-refractivity contribution in [1.82, 2.24) is 24.2 Å². The minimum atomic E-state index is -0.382. The molecule has 2 amide bonds. The summed E-state index contributed by atoms with van der Waals surface area (Å²) in [4.78, 5) is 36.3. The van der Waals surface area contributed by atoms with Crippen LogP contribution in [0.4, 0.5) is 5.69 Å². The van der Waals surface area contributed by atoms with Crippen molar-refractivity contribution in [3.63, 3.8) is 0 Å². The monoisotopic (exact) mass is 504 g/mol. The fourth-order valence-electron chi connectivity index (χ4n) is 5.24. The molecule has 0 spiro atoms. The van der Waals surface area contributed by atoms with E-state index in [1.54, 1.807) is 18.3 Å². The van der Waals surface area contributed by atoms with Gasteiger partial charge in [0, 0.05) is 47.8 Å². The van der Waals surface area contributed by atoms with Crippen molar-refractivity contribution in [2.75, 3.05) is 25.5 Å². The van der Waals surface area contributed by atoms with E-state index in [0.717, 1.165) is 29.3 Å². The molecule has 190 valence electrons. The Labute approximate surface area is 220 Å². The standard InChI is InChI=1S/C30H28N6O2/c1-33(2)17-10-18-35-28-22(14-9-16-31-28)27(32-35)26-25(23-19-34(3)24-15-8-7-13-21(23)24)29(37)36(30(26)38)20-11-5-4-6-12-20/h4-9,11-16,19H,10,17-18H2,1-3H3. The zero-order valence-corrected chi connectivity index (χ0v) is 21.6. The molecule has 0 saturated heterocycles. The summed E-state index contributed by atoms with van der Waals surface area (Å²) in [6.45, 7) is 1.54. The minimum absolute atomic E-state index is 0.305. The number of aryl methyl sites for hydroxylation is 2. The number of hydrogen-bond donors (Lipinski definition) is 0. The number of nitrogens with zero attached hydrogens (tertiary/aromatic N) is 6. The van der Waals surface area contributed by atoms with Crippen molar-refractivity contribution in [2.45, 2.75) is 13.0 Å². The molecule has 3 aromatic heterocycles. The highest BCUT2D eigenvalue weighted by Gasteiger charge is 2.43. The number of carbonyl (C=O) groups excluding carboxylic acids is 2. The van der Waals surface area contributed by atoms with Crippen LogP contribution in [0.1, 0.15) is 17.7 Å². The molecule has 1 aliphatic heterocycles. The molecule has 0 aliphatic carbocycles. The summed E-state index contributed by atoms with van der Waals surface area (Å²) < 4.78 is 3.84. The average Bonchev–Trinajstić information content (AvgIpc) is 3.53. The molecule has 8 heteroatoms. The van der Waals surface area contributed by atoms with Crippen LogP contribution in [-0.2, 0) is 23.2 Å². The molecule has 0 fully saturated rings. The van der Waals surface area contributed by atoms with Gasteiger partial charge in [0.25, 0.3) is 11.8 Å². The number of pyridine rings is 1. The van der Waals surface area contributed by atoms with Gasteiger partial charge in [-0.05, 0) is 57.4 Å². The normalized spacial score (nSPS) is 14.2. The van der Waals surface area contributed by atoms with E-state index in [2.05, 4.69) is 9.88 Å². The van der Waals surface area contributed by atoms with Gasteiger partial charge in [0.15, 0.2) is 5.65 Å². The van der Waals surface area contributed by atoms with Crippen molar-refractivity contribution >= 4 is 50.6 Å². The van der Waals surface area contributed by atoms with Crippen LogP contribution in [0.15, 0.2) is 79.1 Å². The summed E-state index contributed by atoms with van der Waals surface area (Å²) in [7, 11) is 6.02. The number of amides is 2. The van der Waals surface area contributed by atoms with Gasteiger partial charge in [0.2, 0.25) is 0 Å². The Morgan fingerprint density at radius 3 is 2.34 bits per heavy atom. The van der Waals surface area contributed by atoms with E-state index in [1.807, 2.05) is 91.2 Å². The first kappa shape index (κ1) is 23.8. The van der Waals surface area contributed by atoms with E-state index >= 15 is 0 Å². The number of hydrogen-bond acceptors (Lipinski definition) is 5. The molecule has 0 bridgehead atoms. The maximum absolute atomic E-state index is 14.2. The average molecular weight is 505 g/mol. The van der Waals surface area contributed by atoms with Gasteiger partial charge in [-0.25, -0.2) is 14.6 Å². The van der Waals surface area contributed by atoms with Gasteiger partial charge in [0.1, 0.15) is 5.69 Å². The van der Waals surface area contributed by atoms with Crippen molar-refractivity contribution < 1.29 is 9.59 Å². The summed E-state index contributed by atoms with van der Waals surface area (Å²) in [6, 6.07) is 20.7. The van der Waals surface area contributed by atoms with Gasteiger partial charge < -0.3 is 9.47 Å². The third-order valence-corrected chi connectivity index (χ3v) is 6.98. The van der Waals surface area contributed by atoms with Crippen molar-refractivity contribution in [3.8, 4) is 0 Å². The van der Waals surface area contributed by atoms with E-state index < -0.39 is 0 Å². The lowest BCUT2D eigenvalue weighted by molar-refractivity contribution is -0.119. The first-order valence-corrected chi connectivity index (χ1v) is 12.6. The Kier molecular flexibility index (Phi) is 5.88. The van der Waals surface area contributed by atoms with Gasteiger partial charge in [-0.3, -0.25) is 9.59 Å². The lowest BCUT2D eigenvalue weighted by Gasteiger charge is -2.14. The Morgan fingerprint density at radius 1 is 0.842 bits per heavy atom. The van der Waals surface area contributed by atoms with Gasteiger partial charge in [-0.2, -0.15) is 5.10 Å². The molecule has 1 aliphatic rings. The third kappa shape index (κ3) is 3.81. The van der Waals surface area contributed by atoms with Crippen LogP contribution in [0, 0.1) is 0 Å². The molecule has 2 aromatic carbocycles. The maximum atomic E-state index is 14.2. The summed E-state index contributed by atoms with van der Waals surface area (Å²) in [5, 5.41) is 6.57. The number of benzene rings is 2. The number of imide groups is 1. The second-order valence-electron chi connectivity index (χ2n) is 9.81. The number of carbonyl (C=O) groups is 2. The minimum Gasteiger partial charge on any atom is -0.350 e. The zero-order chi connectivity index (χ0) is 26.4. The van der Waals surface area contributed by atoms with E-state index in [4.69, 9.17) is 5.10 Å². The zero-order valence-electron chi connectivity index (χ0n) is 21.6. The van der Waals surface area contributed by atoms with Crippen LogP contribution in [0.2, 0.25) is 0 Å². The fraction of sp³-hybridized carbons (Fsp3) is 0.200. The van der Waals surface area contributed by atoms with Gasteiger partial charge in [-0.15, -0.1) is 0 Å². The molecule has 0 radical (unpaired) electrons. The first-order valence-electron chi connectivity index (χ1n) is 12.6. The Balaban J connectivity index is 1.60. The molecule has 0 N–H and O–H groups in total. The van der Waals surface area contributed by atoms with Crippen molar-refractivity contribution in [3.05, 3.63) is 90.4 Å². The number of aromatic nitrogens is 4. The molecule has 38 heavy (non-hydrogen) atoms. The molecule has 5 aromatic rings. The van der Waals surface area contributed by atoms with E-state index in [0.29, 0.717) is 40.3 Å². The molecule has 0 unspecified atom stereocenters. The van der Waals surface area contributed by atoms with Crippen LogP contribution < -0.4 is 4.90 Å². The summed E-state index contributed by atoms with van der Waals surface area (Å²) in [6.07, 6.45) is 4.53. The first-order chi connectivity index (χ1) is 18.5. The highest BCUT2D eigenvalue weighted by Crippen LogP contribution is 2.42. The third-order valence-electron chi connectivity index (χ3n) is 6.98. The maximum Gasteiger partial charge on any atom is 0.268 e. The highest BCUT2D eigenvalue weighted by molar-refractivity contribution is 6.58. The quantitative estimate of drug-likeness (QED) is 0.308. The van der Waals surface area contributed by atoms with Crippen molar-refractivity contribution in [2.24, 2.45) is 7.05 Å². The predicted octanol–water partition coefficient (Wildman–Crippen LogP) is 4.36. The van der Waals surface area contributed by atoms with Crippen LogP contribution >= 0.6 is 0 Å².